The Morgan fingerprint density at radius 3 is 2.43 bits per heavy atom. The van der Waals surface area contributed by atoms with Gasteiger partial charge in [0.1, 0.15) is 5.70 Å². The summed E-state index contributed by atoms with van der Waals surface area (Å²) in [5.41, 5.74) is -0.351. The standard InChI is InChI=1S/C23H27N3O9S2/c1-9-17-16(10(2)27)21(29)26(17)18(23(32)33)19(9)36-13-7-15(24-8-13)20(28)25-12-4-11(22(30)31)5-14(6-12)37(3,34)35/h4-6,9-10,13,15-17,24,27H,7-8H2,1-3H3,(H,25,28)(H,30,31)(H,32,33). The van der Waals surface area contributed by atoms with Crippen molar-refractivity contribution in [2.24, 2.45) is 11.8 Å². The average molecular weight is 554 g/mol. The van der Waals surface area contributed by atoms with Gasteiger partial charge in [-0.05, 0) is 31.5 Å². The molecule has 3 heterocycles. The zero-order valence-corrected chi connectivity index (χ0v) is 21.8. The first-order valence-electron chi connectivity index (χ1n) is 11.5. The van der Waals surface area contributed by atoms with Crippen LogP contribution in [0, 0.1) is 11.8 Å². The van der Waals surface area contributed by atoms with Crippen LogP contribution >= 0.6 is 11.8 Å². The number of aliphatic carboxylic acids is 1. The largest absolute Gasteiger partial charge is 0.478 e. The number of nitrogens with zero attached hydrogens (tertiary/aromatic N) is 1. The molecule has 0 aliphatic carbocycles. The number of aliphatic hydroxyl groups excluding tert-OH is 1. The SMILES string of the molecule is CC(O)C1C(=O)N2C(C(=O)O)=C(SC3CNC(C(=O)Nc4cc(C(=O)O)cc(S(C)(=O)=O)c4)C3)C(C)C12. The van der Waals surface area contributed by atoms with Crippen molar-refractivity contribution in [3.05, 3.63) is 34.4 Å². The summed E-state index contributed by atoms with van der Waals surface area (Å²) in [5, 5.41) is 34.5. The number of rotatable bonds is 8. The van der Waals surface area contributed by atoms with E-state index in [0.29, 0.717) is 17.9 Å². The van der Waals surface area contributed by atoms with Crippen molar-refractivity contribution in [1.29, 1.82) is 0 Å². The molecule has 5 N–H and O–H groups in total. The van der Waals surface area contributed by atoms with Gasteiger partial charge in [0.15, 0.2) is 9.84 Å². The van der Waals surface area contributed by atoms with Gasteiger partial charge in [-0.3, -0.25) is 9.59 Å². The first-order valence-corrected chi connectivity index (χ1v) is 14.3. The number of carbonyl (C=O) groups excluding carboxylic acids is 2. The highest BCUT2D eigenvalue weighted by Gasteiger charge is 2.60. The van der Waals surface area contributed by atoms with Gasteiger partial charge in [0, 0.05) is 34.6 Å². The lowest BCUT2D eigenvalue weighted by molar-refractivity contribution is -0.163. The van der Waals surface area contributed by atoms with Gasteiger partial charge in [-0.15, -0.1) is 11.8 Å². The lowest BCUT2D eigenvalue weighted by Crippen LogP contribution is -2.63. The average Bonchev–Trinajstić information content (AvgIpc) is 3.35. The van der Waals surface area contributed by atoms with E-state index < -0.39 is 57.7 Å². The number of carboxylic acid groups (broad SMARTS) is 2. The van der Waals surface area contributed by atoms with Crippen LogP contribution in [0.5, 0.6) is 0 Å². The molecule has 200 valence electrons. The molecule has 1 aromatic carbocycles. The van der Waals surface area contributed by atoms with E-state index in [1.165, 1.54) is 35.7 Å². The predicted octanol–water partition coefficient (Wildman–Crippen LogP) is 0.344. The Labute approximate surface area is 217 Å². The number of aromatic carboxylic acids is 1. The number of fused-ring (bicyclic) bond motifs is 1. The zero-order valence-electron chi connectivity index (χ0n) is 20.2. The molecule has 2 amide bonds. The Morgan fingerprint density at radius 2 is 1.86 bits per heavy atom. The normalized spacial score (nSPS) is 28.1. The third-order valence-corrected chi connectivity index (χ3v) is 9.46. The molecular weight excluding hydrogens is 526 g/mol. The van der Waals surface area contributed by atoms with Crippen LogP contribution in [0.15, 0.2) is 33.7 Å². The number of thioether (sulfide) groups is 1. The molecule has 2 saturated heterocycles. The van der Waals surface area contributed by atoms with Gasteiger partial charge in [0.05, 0.1) is 34.6 Å². The maximum atomic E-state index is 12.9. The molecule has 0 saturated carbocycles. The van der Waals surface area contributed by atoms with Crippen molar-refractivity contribution in [3.63, 3.8) is 0 Å². The van der Waals surface area contributed by atoms with Crippen LogP contribution in [0.4, 0.5) is 5.69 Å². The van der Waals surface area contributed by atoms with Gasteiger partial charge < -0.3 is 30.9 Å². The van der Waals surface area contributed by atoms with Crippen molar-refractivity contribution < 1.29 is 42.9 Å². The minimum Gasteiger partial charge on any atom is -0.478 e. The van der Waals surface area contributed by atoms with Crippen LogP contribution in [0.25, 0.3) is 0 Å². The number of hydrogen-bond acceptors (Lipinski definition) is 9. The van der Waals surface area contributed by atoms with Crippen LogP contribution in [0.3, 0.4) is 0 Å². The Bertz CT molecular complexity index is 1320. The van der Waals surface area contributed by atoms with E-state index in [4.69, 9.17) is 0 Å². The topological polar surface area (TPSA) is 190 Å². The number of hydrogen-bond donors (Lipinski definition) is 5. The summed E-state index contributed by atoms with van der Waals surface area (Å²) in [7, 11) is -3.72. The predicted molar refractivity (Wildman–Crippen MR) is 133 cm³/mol. The second kappa shape index (κ2) is 9.74. The van der Waals surface area contributed by atoms with Gasteiger partial charge in [-0.1, -0.05) is 6.92 Å². The van der Waals surface area contributed by atoms with Gasteiger partial charge in [0.2, 0.25) is 11.8 Å². The van der Waals surface area contributed by atoms with E-state index in [2.05, 4.69) is 10.6 Å². The molecule has 12 nitrogen and oxygen atoms in total. The van der Waals surface area contributed by atoms with Crippen molar-refractivity contribution in [3.8, 4) is 0 Å². The minimum atomic E-state index is -3.72. The molecule has 14 heteroatoms. The molecule has 6 atom stereocenters. The van der Waals surface area contributed by atoms with E-state index in [-0.39, 0.29) is 33.0 Å². The second-order valence-electron chi connectivity index (χ2n) is 9.52. The quantitative estimate of drug-likeness (QED) is 0.279. The molecule has 37 heavy (non-hydrogen) atoms. The first kappa shape index (κ1) is 27.1. The Balaban J connectivity index is 1.47. The number of anilines is 1. The molecule has 1 aromatic rings. The van der Waals surface area contributed by atoms with Crippen LogP contribution in [-0.2, 0) is 24.2 Å². The molecule has 3 aliphatic rings. The molecular formula is C23H27N3O9S2. The zero-order chi connectivity index (χ0) is 27.4. The lowest BCUT2D eigenvalue weighted by Gasteiger charge is -2.46. The van der Waals surface area contributed by atoms with Gasteiger partial charge >= 0.3 is 11.9 Å². The van der Waals surface area contributed by atoms with Crippen LogP contribution in [0.1, 0.15) is 30.6 Å². The third kappa shape index (κ3) is 4.98. The fraction of sp³-hybridized carbons (Fsp3) is 0.478. The number of amides is 2. The Kier molecular flexibility index (Phi) is 7.14. The summed E-state index contributed by atoms with van der Waals surface area (Å²) in [6.45, 7) is 3.69. The molecule has 3 aliphatic heterocycles. The first-order chi connectivity index (χ1) is 17.2. The Hall–Kier alpha value is -2.94. The summed E-state index contributed by atoms with van der Waals surface area (Å²) >= 11 is 1.29. The number of sulfone groups is 1. The smallest absolute Gasteiger partial charge is 0.353 e. The maximum Gasteiger partial charge on any atom is 0.353 e. The highest BCUT2D eigenvalue weighted by molar-refractivity contribution is 8.03. The number of nitrogens with one attached hydrogen (secondary N) is 2. The molecule has 0 bridgehead atoms. The molecule has 0 spiro atoms. The third-order valence-electron chi connectivity index (χ3n) is 6.86. The van der Waals surface area contributed by atoms with Crippen molar-refractivity contribution in [1.82, 2.24) is 10.2 Å². The summed E-state index contributed by atoms with van der Waals surface area (Å²) in [6.07, 6.45) is 0.346. The molecule has 0 radical (unpaired) electrons. The fourth-order valence-electron chi connectivity index (χ4n) is 5.09. The van der Waals surface area contributed by atoms with Crippen molar-refractivity contribution >= 4 is 51.0 Å². The number of benzene rings is 1. The maximum absolute atomic E-state index is 12.9. The van der Waals surface area contributed by atoms with Crippen molar-refractivity contribution in [2.75, 3.05) is 18.1 Å². The number of carboxylic acids is 2. The second-order valence-corrected chi connectivity index (χ2v) is 12.9. The minimum absolute atomic E-state index is 0.0237. The molecule has 0 aromatic heterocycles. The highest BCUT2D eigenvalue weighted by Crippen LogP contribution is 2.51. The Morgan fingerprint density at radius 1 is 1.19 bits per heavy atom. The van der Waals surface area contributed by atoms with E-state index in [9.17, 15) is 42.9 Å². The van der Waals surface area contributed by atoms with Crippen LogP contribution in [-0.4, -0.2) is 88.6 Å². The number of aliphatic hydroxyl groups is 1. The highest BCUT2D eigenvalue weighted by atomic mass is 32.2. The van der Waals surface area contributed by atoms with E-state index >= 15 is 0 Å². The summed E-state index contributed by atoms with van der Waals surface area (Å²) in [6, 6.07) is 2.24. The van der Waals surface area contributed by atoms with Gasteiger partial charge in [0.25, 0.3) is 0 Å². The van der Waals surface area contributed by atoms with E-state index in [0.717, 1.165) is 12.3 Å². The monoisotopic (exact) mass is 553 g/mol. The molecule has 4 rings (SSSR count). The molecule has 6 unspecified atom stereocenters. The van der Waals surface area contributed by atoms with E-state index in [1.807, 2.05) is 6.92 Å². The van der Waals surface area contributed by atoms with Crippen LogP contribution in [0.2, 0.25) is 0 Å². The van der Waals surface area contributed by atoms with Gasteiger partial charge in [-0.2, -0.15) is 0 Å². The number of β-lactam (4-membered cyclic amide) rings is 1. The summed E-state index contributed by atoms with van der Waals surface area (Å²) < 4.78 is 23.9. The van der Waals surface area contributed by atoms with Crippen LogP contribution < -0.4 is 10.6 Å². The molecule has 2 fully saturated rings. The lowest BCUT2D eigenvalue weighted by atomic mass is 9.79. The van der Waals surface area contributed by atoms with Gasteiger partial charge in [-0.25, -0.2) is 18.0 Å². The fourth-order valence-corrected chi connectivity index (χ4v) is 7.25. The van der Waals surface area contributed by atoms with Crippen molar-refractivity contribution in [2.45, 2.75) is 48.6 Å². The summed E-state index contributed by atoms with van der Waals surface area (Å²) in [4.78, 5) is 50.3. The number of carbonyl (C=O) groups is 4. The van der Waals surface area contributed by atoms with E-state index in [1.54, 1.807) is 0 Å². The summed E-state index contributed by atoms with van der Waals surface area (Å²) in [5.74, 6) is -4.44.